The molecule has 0 spiro atoms. The summed E-state index contributed by atoms with van der Waals surface area (Å²) in [5, 5.41) is 4.17. The van der Waals surface area contributed by atoms with Crippen molar-refractivity contribution in [3.8, 4) is 0 Å². The average molecular weight is 225 g/mol. The molecule has 2 unspecified atom stereocenters. The molecule has 2 rings (SSSR count). The van der Waals surface area contributed by atoms with Crippen LogP contribution < -0.4 is 5.73 Å². The molecule has 0 aliphatic carbocycles. The lowest BCUT2D eigenvalue weighted by Crippen LogP contribution is -2.42. The van der Waals surface area contributed by atoms with E-state index in [2.05, 4.69) is 18.2 Å². The van der Waals surface area contributed by atoms with Crippen LogP contribution in [0.4, 0.5) is 0 Å². The zero-order valence-corrected chi connectivity index (χ0v) is 10.3. The number of thioether (sulfide) groups is 1. The Balaban J connectivity index is 1.99. The van der Waals surface area contributed by atoms with Gasteiger partial charge in [0.25, 0.3) is 0 Å². The molecular formula is C11H19N3S. The van der Waals surface area contributed by atoms with Crippen molar-refractivity contribution in [2.24, 2.45) is 12.8 Å². The van der Waals surface area contributed by atoms with Crippen LogP contribution in [0.5, 0.6) is 0 Å². The first-order valence-electron chi connectivity index (χ1n) is 5.47. The Bertz CT molecular complexity index is 328. The Morgan fingerprint density at radius 3 is 3.07 bits per heavy atom. The van der Waals surface area contributed by atoms with Gasteiger partial charge < -0.3 is 5.73 Å². The van der Waals surface area contributed by atoms with Gasteiger partial charge in [0.2, 0.25) is 0 Å². The molecule has 0 aromatic carbocycles. The molecule has 1 aliphatic heterocycles. The van der Waals surface area contributed by atoms with Crippen LogP contribution in [-0.4, -0.2) is 26.3 Å². The van der Waals surface area contributed by atoms with Gasteiger partial charge in [0.15, 0.2) is 0 Å². The van der Waals surface area contributed by atoms with Gasteiger partial charge in [-0.1, -0.05) is 0 Å². The van der Waals surface area contributed by atoms with Crippen molar-refractivity contribution >= 4 is 11.8 Å². The lowest BCUT2D eigenvalue weighted by Gasteiger charge is -2.29. The summed E-state index contributed by atoms with van der Waals surface area (Å²) < 4.78 is 2.11. The highest BCUT2D eigenvalue weighted by molar-refractivity contribution is 8.00. The van der Waals surface area contributed by atoms with Crippen molar-refractivity contribution in [1.82, 2.24) is 9.78 Å². The molecule has 4 heteroatoms. The molecule has 0 bridgehead atoms. The molecule has 0 amide bonds. The summed E-state index contributed by atoms with van der Waals surface area (Å²) in [6.07, 6.45) is 7.48. The SMILES string of the molecule is Cn1cc(CC(N)C2(C)CCCS2)cn1. The number of aryl methyl sites for hydroxylation is 1. The van der Waals surface area contributed by atoms with E-state index in [0.29, 0.717) is 0 Å². The summed E-state index contributed by atoms with van der Waals surface area (Å²) in [6.45, 7) is 2.30. The van der Waals surface area contributed by atoms with E-state index < -0.39 is 0 Å². The number of hydrogen-bond acceptors (Lipinski definition) is 3. The minimum Gasteiger partial charge on any atom is -0.326 e. The zero-order valence-electron chi connectivity index (χ0n) is 9.44. The molecule has 2 N–H and O–H groups in total. The van der Waals surface area contributed by atoms with Crippen molar-refractivity contribution in [3.63, 3.8) is 0 Å². The number of rotatable bonds is 3. The number of nitrogens with zero attached hydrogens (tertiary/aromatic N) is 2. The van der Waals surface area contributed by atoms with Crippen LogP contribution in [-0.2, 0) is 13.5 Å². The van der Waals surface area contributed by atoms with Gasteiger partial charge in [-0.2, -0.15) is 16.9 Å². The van der Waals surface area contributed by atoms with Crippen LogP contribution in [0.3, 0.4) is 0 Å². The van der Waals surface area contributed by atoms with Gasteiger partial charge >= 0.3 is 0 Å². The minimum atomic E-state index is 0.245. The molecule has 1 aromatic heterocycles. The summed E-state index contributed by atoms with van der Waals surface area (Å²) in [7, 11) is 1.95. The molecule has 3 nitrogen and oxygen atoms in total. The molecule has 1 fully saturated rings. The van der Waals surface area contributed by atoms with Gasteiger partial charge in [-0.25, -0.2) is 0 Å². The van der Waals surface area contributed by atoms with Gasteiger partial charge in [-0.15, -0.1) is 0 Å². The maximum absolute atomic E-state index is 6.30. The van der Waals surface area contributed by atoms with Crippen molar-refractivity contribution in [1.29, 1.82) is 0 Å². The number of hydrogen-bond donors (Lipinski definition) is 1. The van der Waals surface area contributed by atoms with Crippen LogP contribution in [0.15, 0.2) is 12.4 Å². The van der Waals surface area contributed by atoms with Crippen molar-refractivity contribution in [3.05, 3.63) is 18.0 Å². The Morgan fingerprint density at radius 2 is 2.53 bits per heavy atom. The maximum atomic E-state index is 6.30. The highest BCUT2D eigenvalue weighted by Crippen LogP contribution is 2.40. The molecule has 15 heavy (non-hydrogen) atoms. The molecule has 0 radical (unpaired) electrons. The van der Waals surface area contributed by atoms with Gasteiger partial charge in [0.1, 0.15) is 0 Å². The van der Waals surface area contributed by atoms with E-state index in [0.717, 1.165) is 6.42 Å². The maximum Gasteiger partial charge on any atom is 0.0522 e. The second-order valence-electron chi connectivity index (χ2n) is 4.60. The third-order valence-corrected chi connectivity index (χ3v) is 4.91. The summed E-state index contributed by atoms with van der Waals surface area (Å²) in [4.78, 5) is 0. The fourth-order valence-electron chi connectivity index (χ4n) is 2.14. The lowest BCUT2D eigenvalue weighted by atomic mass is 9.92. The predicted octanol–water partition coefficient (Wildman–Crippen LogP) is 1.58. The van der Waals surface area contributed by atoms with Gasteiger partial charge in [0.05, 0.1) is 6.20 Å². The van der Waals surface area contributed by atoms with E-state index in [1.165, 1.54) is 24.2 Å². The largest absolute Gasteiger partial charge is 0.326 e. The number of aromatic nitrogens is 2. The van der Waals surface area contributed by atoms with E-state index >= 15 is 0 Å². The van der Waals surface area contributed by atoms with Crippen LogP contribution >= 0.6 is 11.8 Å². The highest BCUT2D eigenvalue weighted by atomic mass is 32.2. The first kappa shape index (κ1) is 11.0. The predicted molar refractivity (Wildman–Crippen MR) is 65.0 cm³/mol. The highest BCUT2D eigenvalue weighted by Gasteiger charge is 2.35. The Hall–Kier alpha value is -0.480. The minimum absolute atomic E-state index is 0.245. The molecule has 0 saturated carbocycles. The second kappa shape index (κ2) is 4.18. The fraction of sp³-hybridized carbons (Fsp3) is 0.727. The quantitative estimate of drug-likeness (QED) is 0.849. The third-order valence-electron chi connectivity index (χ3n) is 3.25. The molecule has 2 heterocycles. The van der Waals surface area contributed by atoms with E-state index in [1.54, 1.807) is 0 Å². The topological polar surface area (TPSA) is 43.8 Å². The van der Waals surface area contributed by atoms with Gasteiger partial charge in [-0.05, 0) is 37.5 Å². The first-order chi connectivity index (χ1) is 7.10. The molecule has 1 aliphatic rings. The standard InChI is InChI=1S/C11H19N3S/c1-11(4-3-5-15-11)10(12)6-9-7-13-14(2)8-9/h7-8,10H,3-6,12H2,1-2H3. The second-order valence-corrected chi connectivity index (χ2v) is 6.23. The van der Waals surface area contributed by atoms with Crippen molar-refractivity contribution in [2.75, 3.05) is 5.75 Å². The van der Waals surface area contributed by atoms with Crippen LogP contribution in [0, 0.1) is 0 Å². The summed E-state index contributed by atoms with van der Waals surface area (Å²) >= 11 is 2.03. The van der Waals surface area contributed by atoms with E-state index in [9.17, 15) is 0 Å². The number of nitrogens with two attached hydrogens (primary N) is 1. The Morgan fingerprint density at radius 1 is 1.73 bits per heavy atom. The average Bonchev–Trinajstić information content (AvgIpc) is 2.76. The normalized spacial score (nSPS) is 28.2. The summed E-state index contributed by atoms with van der Waals surface area (Å²) in [5.41, 5.74) is 7.55. The molecular weight excluding hydrogens is 206 g/mol. The third kappa shape index (κ3) is 2.37. The molecule has 1 aromatic rings. The van der Waals surface area contributed by atoms with Crippen molar-refractivity contribution < 1.29 is 0 Å². The fourth-order valence-corrected chi connectivity index (χ4v) is 3.48. The summed E-state index contributed by atoms with van der Waals surface area (Å²) in [6, 6.07) is 0.245. The monoisotopic (exact) mass is 225 g/mol. The van der Waals surface area contributed by atoms with E-state index in [1.807, 2.05) is 29.7 Å². The Labute approximate surface area is 95.4 Å². The van der Waals surface area contributed by atoms with Gasteiger partial charge in [-0.3, -0.25) is 4.68 Å². The summed E-state index contributed by atoms with van der Waals surface area (Å²) in [5.74, 6) is 1.26. The zero-order chi connectivity index (χ0) is 10.9. The molecule has 84 valence electrons. The van der Waals surface area contributed by atoms with Crippen molar-refractivity contribution in [2.45, 2.75) is 37.0 Å². The van der Waals surface area contributed by atoms with E-state index in [-0.39, 0.29) is 10.8 Å². The molecule has 1 saturated heterocycles. The van der Waals surface area contributed by atoms with Crippen LogP contribution in [0.1, 0.15) is 25.3 Å². The molecule has 2 atom stereocenters. The van der Waals surface area contributed by atoms with Crippen LogP contribution in [0.25, 0.3) is 0 Å². The van der Waals surface area contributed by atoms with Gasteiger partial charge in [0, 0.05) is 24.0 Å². The smallest absolute Gasteiger partial charge is 0.0522 e. The first-order valence-corrected chi connectivity index (χ1v) is 6.46. The lowest BCUT2D eigenvalue weighted by molar-refractivity contribution is 0.482. The van der Waals surface area contributed by atoms with Crippen LogP contribution in [0.2, 0.25) is 0 Å². The Kier molecular flexibility index (Phi) is 3.07. The van der Waals surface area contributed by atoms with E-state index in [4.69, 9.17) is 5.73 Å².